The Bertz CT molecular complexity index is 1010. The molecule has 9 nitrogen and oxygen atoms in total. The van der Waals surface area contributed by atoms with Crippen LogP contribution in [0.5, 0.6) is 0 Å². The topological polar surface area (TPSA) is 109 Å². The summed E-state index contributed by atoms with van der Waals surface area (Å²) in [5.41, 5.74) is 1.88. The van der Waals surface area contributed by atoms with Gasteiger partial charge in [0.1, 0.15) is 11.8 Å². The van der Waals surface area contributed by atoms with Crippen LogP contribution in [0.15, 0.2) is 53.4 Å². The Kier molecular flexibility index (Phi) is 4.79. The quantitative estimate of drug-likeness (QED) is 0.599. The number of nitrogens with one attached hydrogen (secondary N) is 2. The molecular formula is C19H19N5O4. The lowest BCUT2D eigenvalue weighted by molar-refractivity contribution is -0.131. The molecule has 0 bridgehead atoms. The number of fused-ring (bicyclic) bond motifs is 1. The molecule has 1 aliphatic heterocycles. The van der Waals surface area contributed by atoms with Gasteiger partial charge in [-0.3, -0.25) is 14.5 Å². The number of imide groups is 1. The predicted molar refractivity (Wildman–Crippen MR) is 98.9 cm³/mol. The lowest BCUT2D eigenvalue weighted by Crippen LogP contribution is -2.37. The van der Waals surface area contributed by atoms with E-state index >= 15 is 0 Å². The summed E-state index contributed by atoms with van der Waals surface area (Å²) in [7, 11) is 0. The van der Waals surface area contributed by atoms with E-state index in [-0.39, 0.29) is 18.9 Å². The fourth-order valence-electron chi connectivity index (χ4n) is 3.19. The molecule has 28 heavy (non-hydrogen) atoms. The van der Waals surface area contributed by atoms with E-state index < -0.39 is 18.0 Å². The van der Waals surface area contributed by atoms with Crippen LogP contribution in [0.2, 0.25) is 0 Å². The molecule has 2 aromatic heterocycles. The van der Waals surface area contributed by atoms with Gasteiger partial charge in [-0.05, 0) is 24.3 Å². The summed E-state index contributed by atoms with van der Waals surface area (Å²) in [6.07, 6.45) is 3.09. The van der Waals surface area contributed by atoms with Crippen molar-refractivity contribution < 1.29 is 18.8 Å². The zero-order valence-corrected chi connectivity index (χ0v) is 15.0. The summed E-state index contributed by atoms with van der Waals surface area (Å²) in [6.45, 7) is 0.996. The van der Waals surface area contributed by atoms with E-state index in [4.69, 9.17) is 4.42 Å². The molecule has 4 amide bonds. The van der Waals surface area contributed by atoms with Gasteiger partial charge in [-0.15, -0.1) is 0 Å². The van der Waals surface area contributed by atoms with Gasteiger partial charge in [0, 0.05) is 13.1 Å². The number of imidazole rings is 1. The number of furan rings is 1. The summed E-state index contributed by atoms with van der Waals surface area (Å²) in [6, 6.07) is 9.71. The Balaban J connectivity index is 1.28. The summed E-state index contributed by atoms with van der Waals surface area (Å²) in [5.74, 6) is -0.235. The smallest absolute Gasteiger partial charge is 0.325 e. The van der Waals surface area contributed by atoms with Crippen molar-refractivity contribution in [2.75, 3.05) is 6.54 Å². The fraction of sp³-hybridized carbons (Fsp3) is 0.263. The van der Waals surface area contributed by atoms with Gasteiger partial charge < -0.3 is 19.6 Å². The minimum Gasteiger partial charge on any atom is -0.467 e. The fourth-order valence-corrected chi connectivity index (χ4v) is 3.19. The lowest BCUT2D eigenvalue weighted by atomic mass is 10.2. The van der Waals surface area contributed by atoms with Crippen molar-refractivity contribution >= 4 is 28.9 Å². The van der Waals surface area contributed by atoms with E-state index in [2.05, 4.69) is 15.6 Å². The van der Waals surface area contributed by atoms with E-state index in [1.807, 2.05) is 28.8 Å². The van der Waals surface area contributed by atoms with Gasteiger partial charge in [0.25, 0.3) is 5.91 Å². The second-order valence-corrected chi connectivity index (χ2v) is 6.49. The van der Waals surface area contributed by atoms with Crippen molar-refractivity contribution in [3.8, 4) is 0 Å². The third-order valence-corrected chi connectivity index (χ3v) is 4.59. The Morgan fingerprint density at radius 2 is 2.07 bits per heavy atom. The number of rotatable bonds is 7. The molecule has 1 fully saturated rings. The number of urea groups is 1. The van der Waals surface area contributed by atoms with E-state index in [0.717, 1.165) is 15.9 Å². The Labute approximate surface area is 160 Å². The maximum Gasteiger partial charge on any atom is 0.325 e. The molecule has 144 valence electrons. The van der Waals surface area contributed by atoms with Gasteiger partial charge in [0.15, 0.2) is 0 Å². The minimum absolute atomic E-state index is 0.0451. The van der Waals surface area contributed by atoms with Crippen molar-refractivity contribution in [3.05, 3.63) is 54.7 Å². The van der Waals surface area contributed by atoms with Gasteiger partial charge in [-0.2, -0.15) is 0 Å². The Hall–Kier alpha value is -3.62. The highest BCUT2D eigenvalue weighted by Gasteiger charge is 2.39. The lowest BCUT2D eigenvalue weighted by Gasteiger charge is -2.11. The maximum atomic E-state index is 12.4. The van der Waals surface area contributed by atoms with E-state index in [0.29, 0.717) is 18.8 Å². The van der Waals surface area contributed by atoms with Gasteiger partial charge >= 0.3 is 6.03 Å². The van der Waals surface area contributed by atoms with Crippen molar-refractivity contribution in [2.24, 2.45) is 0 Å². The number of benzene rings is 1. The van der Waals surface area contributed by atoms with Crippen LogP contribution >= 0.6 is 0 Å². The maximum absolute atomic E-state index is 12.4. The second kappa shape index (κ2) is 7.55. The molecule has 1 aromatic carbocycles. The van der Waals surface area contributed by atoms with Crippen molar-refractivity contribution in [1.82, 2.24) is 25.1 Å². The summed E-state index contributed by atoms with van der Waals surface area (Å²) in [4.78, 5) is 41.9. The monoisotopic (exact) mass is 381 g/mol. The van der Waals surface area contributed by atoms with Crippen LogP contribution in [-0.2, 0) is 22.7 Å². The largest absolute Gasteiger partial charge is 0.467 e. The molecule has 1 saturated heterocycles. The molecule has 1 atom stereocenters. The SMILES string of the molecule is O=C(C[C@@H]1NC(=O)N(Cc2ccco2)C1=O)NCCn1cnc2ccccc21. The molecule has 4 rings (SSSR count). The summed E-state index contributed by atoms with van der Waals surface area (Å²) >= 11 is 0. The minimum atomic E-state index is -0.864. The molecule has 3 heterocycles. The van der Waals surface area contributed by atoms with Crippen LogP contribution < -0.4 is 10.6 Å². The predicted octanol–water partition coefficient (Wildman–Crippen LogP) is 1.26. The first-order chi connectivity index (χ1) is 13.6. The zero-order chi connectivity index (χ0) is 19.5. The average Bonchev–Trinajstić information content (AvgIpc) is 3.40. The van der Waals surface area contributed by atoms with Crippen LogP contribution in [0.3, 0.4) is 0 Å². The van der Waals surface area contributed by atoms with Crippen LogP contribution in [-0.4, -0.2) is 44.9 Å². The number of nitrogens with zero attached hydrogens (tertiary/aromatic N) is 3. The van der Waals surface area contributed by atoms with Gasteiger partial charge in [-0.1, -0.05) is 12.1 Å². The molecule has 0 unspecified atom stereocenters. The standard InChI is InChI=1S/C19H19N5O4/c25-17(20-7-8-23-12-21-14-5-1-2-6-16(14)23)10-15-18(26)24(19(27)22-15)11-13-4-3-9-28-13/h1-6,9,12,15H,7-8,10-11H2,(H,20,25)(H,22,27)/t15-/m0/s1. The first-order valence-electron chi connectivity index (χ1n) is 8.92. The number of amides is 4. The summed E-state index contributed by atoms with van der Waals surface area (Å²) in [5, 5.41) is 5.33. The molecule has 0 spiro atoms. The molecule has 1 aliphatic rings. The number of para-hydroxylation sites is 2. The van der Waals surface area contributed by atoms with Gasteiger partial charge in [0.2, 0.25) is 5.91 Å². The number of aromatic nitrogens is 2. The molecular weight excluding hydrogens is 362 g/mol. The normalized spacial score (nSPS) is 16.6. The first-order valence-corrected chi connectivity index (χ1v) is 8.92. The second-order valence-electron chi connectivity index (χ2n) is 6.49. The first kappa shape index (κ1) is 17.8. The molecule has 0 aliphatic carbocycles. The molecule has 9 heteroatoms. The van der Waals surface area contributed by atoms with Crippen molar-refractivity contribution in [3.63, 3.8) is 0 Å². The molecule has 2 N–H and O–H groups in total. The zero-order valence-electron chi connectivity index (χ0n) is 15.0. The number of carbonyl (C=O) groups excluding carboxylic acids is 3. The third-order valence-electron chi connectivity index (χ3n) is 4.59. The highest BCUT2D eigenvalue weighted by atomic mass is 16.3. The van der Waals surface area contributed by atoms with Crippen molar-refractivity contribution in [1.29, 1.82) is 0 Å². The molecule has 0 saturated carbocycles. The van der Waals surface area contributed by atoms with Crippen molar-refractivity contribution in [2.45, 2.75) is 25.6 Å². The molecule has 3 aromatic rings. The third kappa shape index (κ3) is 3.59. The number of carbonyl (C=O) groups is 3. The Morgan fingerprint density at radius 3 is 2.89 bits per heavy atom. The number of hydrogen-bond acceptors (Lipinski definition) is 5. The van der Waals surface area contributed by atoms with Crippen LogP contribution in [0, 0.1) is 0 Å². The Morgan fingerprint density at radius 1 is 1.21 bits per heavy atom. The number of hydrogen-bond donors (Lipinski definition) is 2. The van der Waals surface area contributed by atoms with Gasteiger partial charge in [-0.25, -0.2) is 9.78 Å². The van der Waals surface area contributed by atoms with Gasteiger partial charge in [0.05, 0.1) is 36.6 Å². The van der Waals surface area contributed by atoms with Crippen LogP contribution in [0.4, 0.5) is 4.79 Å². The molecule has 0 radical (unpaired) electrons. The average molecular weight is 381 g/mol. The van der Waals surface area contributed by atoms with E-state index in [9.17, 15) is 14.4 Å². The highest BCUT2D eigenvalue weighted by Crippen LogP contribution is 2.14. The van der Waals surface area contributed by atoms with E-state index in [1.165, 1.54) is 6.26 Å². The summed E-state index contributed by atoms with van der Waals surface area (Å²) < 4.78 is 7.11. The van der Waals surface area contributed by atoms with Crippen LogP contribution in [0.25, 0.3) is 11.0 Å². The van der Waals surface area contributed by atoms with Crippen LogP contribution in [0.1, 0.15) is 12.2 Å². The highest BCUT2D eigenvalue weighted by molar-refractivity contribution is 6.05. The van der Waals surface area contributed by atoms with E-state index in [1.54, 1.807) is 18.5 Å².